The van der Waals surface area contributed by atoms with Crippen molar-refractivity contribution in [1.82, 2.24) is 0 Å². The zero-order chi connectivity index (χ0) is 19.0. The summed E-state index contributed by atoms with van der Waals surface area (Å²) < 4.78 is 24.0. The summed E-state index contributed by atoms with van der Waals surface area (Å²) in [6.45, 7) is 9.49. The molecule has 0 amide bonds. The summed E-state index contributed by atoms with van der Waals surface area (Å²) in [7, 11) is 1.68. The number of rotatable bonds is 11. The smallest absolute Gasteiger partial charge is 0.163 e. The second-order valence-corrected chi connectivity index (χ2v) is 9.90. The molecular formula is C20H32O4S2. The van der Waals surface area contributed by atoms with Crippen LogP contribution in [0.1, 0.15) is 39.7 Å². The van der Waals surface area contributed by atoms with E-state index >= 15 is 0 Å². The van der Waals surface area contributed by atoms with Crippen molar-refractivity contribution in [2.75, 3.05) is 25.2 Å². The molecule has 4 nitrogen and oxygen atoms in total. The minimum Gasteiger partial charge on any atom is -0.497 e. The highest BCUT2D eigenvalue weighted by Gasteiger charge is 2.38. The van der Waals surface area contributed by atoms with Crippen molar-refractivity contribution >= 4 is 23.5 Å². The van der Waals surface area contributed by atoms with Gasteiger partial charge in [-0.2, -0.15) is 0 Å². The maximum Gasteiger partial charge on any atom is 0.163 e. The van der Waals surface area contributed by atoms with Crippen LogP contribution in [0.15, 0.2) is 24.3 Å². The Balaban J connectivity index is 2.01. The quantitative estimate of drug-likeness (QED) is 0.489. The van der Waals surface area contributed by atoms with Crippen LogP contribution in [0.5, 0.6) is 5.75 Å². The molecule has 2 rings (SSSR count). The van der Waals surface area contributed by atoms with Crippen molar-refractivity contribution in [3.63, 3.8) is 0 Å². The fourth-order valence-electron chi connectivity index (χ4n) is 2.90. The molecule has 1 saturated heterocycles. The van der Waals surface area contributed by atoms with Gasteiger partial charge in [-0.1, -0.05) is 26.0 Å². The Labute approximate surface area is 166 Å². The third-order valence-corrected chi connectivity index (χ3v) is 6.81. The SMILES string of the molecule is CCSC(C[C@H](OCc1ccc(OC)cc1)[C@H]1COC(C)(C)O1)SCC. The average Bonchev–Trinajstić information content (AvgIpc) is 2.99. The van der Waals surface area contributed by atoms with Gasteiger partial charge in [-0.05, 0) is 49.5 Å². The van der Waals surface area contributed by atoms with Gasteiger partial charge < -0.3 is 18.9 Å². The van der Waals surface area contributed by atoms with Gasteiger partial charge in [-0.25, -0.2) is 0 Å². The van der Waals surface area contributed by atoms with Crippen LogP contribution in [0.3, 0.4) is 0 Å². The molecule has 148 valence electrons. The zero-order valence-corrected chi connectivity index (χ0v) is 18.2. The number of benzene rings is 1. The van der Waals surface area contributed by atoms with Crippen molar-refractivity contribution in [3.05, 3.63) is 29.8 Å². The number of hydrogen-bond donors (Lipinski definition) is 0. The highest BCUT2D eigenvalue weighted by Crippen LogP contribution is 2.33. The van der Waals surface area contributed by atoms with E-state index < -0.39 is 5.79 Å². The van der Waals surface area contributed by atoms with Gasteiger partial charge in [0.1, 0.15) is 11.9 Å². The van der Waals surface area contributed by atoms with E-state index in [0.717, 1.165) is 29.2 Å². The predicted octanol–water partition coefficient (Wildman–Crippen LogP) is 4.95. The number of methoxy groups -OCH3 is 1. The zero-order valence-electron chi connectivity index (χ0n) is 16.5. The van der Waals surface area contributed by atoms with Crippen LogP contribution in [0.2, 0.25) is 0 Å². The first-order chi connectivity index (χ1) is 12.5. The van der Waals surface area contributed by atoms with Crippen molar-refractivity contribution in [1.29, 1.82) is 0 Å². The lowest BCUT2D eigenvalue weighted by Gasteiger charge is -2.27. The molecule has 0 aliphatic carbocycles. The predicted molar refractivity (Wildman–Crippen MR) is 111 cm³/mol. The molecule has 1 aliphatic heterocycles. The Morgan fingerprint density at radius 2 is 1.81 bits per heavy atom. The molecule has 0 saturated carbocycles. The summed E-state index contributed by atoms with van der Waals surface area (Å²) >= 11 is 3.97. The molecule has 0 bridgehead atoms. The van der Waals surface area contributed by atoms with E-state index in [9.17, 15) is 0 Å². The first-order valence-electron chi connectivity index (χ1n) is 9.27. The van der Waals surface area contributed by atoms with Crippen LogP contribution in [0.4, 0.5) is 0 Å². The monoisotopic (exact) mass is 400 g/mol. The first kappa shape index (κ1) is 21.9. The standard InChI is InChI=1S/C20H32O4S2/c1-6-25-19(26-7-2)12-17(18-14-23-20(3,4)24-18)22-13-15-8-10-16(21-5)11-9-15/h8-11,17-19H,6-7,12-14H2,1-5H3/t17-,18+/m0/s1. The molecule has 26 heavy (non-hydrogen) atoms. The third-order valence-electron chi connectivity index (χ3n) is 4.20. The molecule has 2 atom stereocenters. The molecule has 1 heterocycles. The van der Waals surface area contributed by atoms with Gasteiger partial charge in [0.05, 0.1) is 31.0 Å². The molecule has 0 unspecified atom stereocenters. The lowest BCUT2D eigenvalue weighted by atomic mass is 10.1. The van der Waals surface area contributed by atoms with Crippen molar-refractivity contribution in [2.45, 2.75) is 63.3 Å². The van der Waals surface area contributed by atoms with Gasteiger partial charge in [0, 0.05) is 0 Å². The van der Waals surface area contributed by atoms with Crippen LogP contribution in [-0.2, 0) is 20.8 Å². The molecule has 0 N–H and O–H groups in total. The summed E-state index contributed by atoms with van der Waals surface area (Å²) in [5.74, 6) is 2.54. The molecular weight excluding hydrogens is 368 g/mol. The molecule has 1 aliphatic rings. The summed E-state index contributed by atoms with van der Waals surface area (Å²) in [4.78, 5) is 0. The topological polar surface area (TPSA) is 36.9 Å². The maximum absolute atomic E-state index is 6.33. The van der Waals surface area contributed by atoms with E-state index in [4.69, 9.17) is 18.9 Å². The maximum atomic E-state index is 6.33. The van der Waals surface area contributed by atoms with Gasteiger partial charge in [-0.15, -0.1) is 23.5 Å². The van der Waals surface area contributed by atoms with Crippen LogP contribution in [0.25, 0.3) is 0 Å². The van der Waals surface area contributed by atoms with E-state index in [1.54, 1.807) is 7.11 Å². The Morgan fingerprint density at radius 1 is 1.15 bits per heavy atom. The Morgan fingerprint density at radius 3 is 2.31 bits per heavy atom. The second kappa shape index (κ2) is 10.8. The van der Waals surface area contributed by atoms with Gasteiger partial charge in [0.15, 0.2) is 5.79 Å². The van der Waals surface area contributed by atoms with Crippen LogP contribution in [-0.4, -0.2) is 47.8 Å². The van der Waals surface area contributed by atoms with Gasteiger partial charge >= 0.3 is 0 Å². The molecule has 0 spiro atoms. The van der Waals surface area contributed by atoms with Gasteiger partial charge in [0.25, 0.3) is 0 Å². The first-order valence-corrected chi connectivity index (χ1v) is 11.4. The lowest BCUT2D eigenvalue weighted by molar-refractivity contribution is -0.158. The van der Waals surface area contributed by atoms with Crippen molar-refractivity contribution in [3.8, 4) is 5.75 Å². The number of hydrogen-bond acceptors (Lipinski definition) is 6. The lowest BCUT2D eigenvalue weighted by Crippen LogP contribution is -2.35. The summed E-state index contributed by atoms with van der Waals surface area (Å²) in [5.41, 5.74) is 1.14. The number of thioether (sulfide) groups is 2. The van der Waals surface area contributed by atoms with Crippen LogP contribution >= 0.6 is 23.5 Å². The Hall–Kier alpha value is -0.400. The van der Waals surface area contributed by atoms with E-state index in [0.29, 0.717) is 17.8 Å². The Kier molecular flexibility index (Phi) is 9.10. The third kappa shape index (κ3) is 6.97. The summed E-state index contributed by atoms with van der Waals surface area (Å²) in [6, 6.07) is 8.03. The van der Waals surface area contributed by atoms with Crippen LogP contribution in [0, 0.1) is 0 Å². The highest BCUT2D eigenvalue weighted by molar-refractivity contribution is 8.16. The van der Waals surface area contributed by atoms with Gasteiger partial charge in [0.2, 0.25) is 0 Å². The highest BCUT2D eigenvalue weighted by atomic mass is 32.2. The summed E-state index contributed by atoms with van der Waals surface area (Å²) in [5, 5.41) is 0. The second-order valence-electron chi connectivity index (χ2n) is 6.64. The van der Waals surface area contributed by atoms with Crippen molar-refractivity contribution < 1.29 is 18.9 Å². The fourth-order valence-corrected chi connectivity index (χ4v) is 5.49. The van der Waals surface area contributed by atoms with E-state index in [2.05, 4.69) is 13.8 Å². The van der Waals surface area contributed by atoms with Crippen LogP contribution < -0.4 is 4.74 Å². The largest absolute Gasteiger partial charge is 0.497 e. The minimum absolute atomic E-state index is 0.0157. The van der Waals surface area contributed by atoms with Gasteiger partial charge in [-0.3, -0.25) is 0 Å². The fraction of sp³-hybridized carbons (Fsp3) is 0.700. The van der Waals surface area contributed by atoms with Crippen molar-refractivity contribution in [2.24, 2.45) is 0 Å². The van der Waals surface area contributed by atoms with E-state index in [-0.39, 0.29) is 12.2 Å². The molecule has 1 aromatic carbocycles. The normalized spacial score (nSPS) is 20.5. The number of ether oxygens (including phenoxy) is 4. The molecule has 0 radical (unpaired) electrons. The van der Waals surface area contributed by atoms with E-state index in [1.807, 2.05) is 61.6 Å². The molecule has 0 aromatic heterocycles. The average molecular weight is 401 g/mol. The molecule has 1 aromatic rings. The minimum atomic E-state index is -0.530. The van der Waals surface area contributed by atoms with E-state index in [1.165, 1.54) is 0 Å². The summed E-state index contributed by atoms with van der Waals surface area (Å²) in [6.07, 6.45) is 0.944. The Bertz CT molecular complexity index is 515. The molecule has 1 fully saturated rings. The molecule has 6 heteroatoms.